The number of nitrogens with two attached hydrogens (primary N) is 1. The normalized spacial score (nSPS) is 19.9. The number of hydrogen-bond donors (Lipinski definition) is 3. The molecule has 0 aromatic heterocycles. The van der Waals surface area contributed by atoms with Crippen LogP contribution >= 0.6 is 24.0 Å². The Labute approximate surface area is 174 Å². The quantitative estimate of drug-likeness (QED) is 0.350. The molecule has 146 valence electrons. The maximum Gasteiger partial charge on any atom is 0.189 e. The average Bonchev–Trinajstić information content (AvgIpc) is 2.68. The van der Waals surface area contributed by atoms with Gasteiger partial charge in [0.25, 0.3) is 0 Å². The van der Waals surface area contributed by atoms with Gasteiger partial charge < -0.3 is 21.1 Å². The third kappa shape index (κ3) is 6.30. The van der Waals surface area contributed by atoms with Gasteiger partial charge in [-0.15, -0.1) is 24.0 Å². The first-order valence-electron chi connectivity index (χ1n) is 9.76. The summed E-state index contributed by atoms with van der Waals surface area (Å²) >= 11 is 0. The van der Waals surface area contributed by atoms with Gasteiger partial charge in [0.15, 0.2) is 5.96 Å². The number of nitrogens with one attached hydrogen (secondary N) is 1. The Balaban J connectivity index is 0.00000243. The van der Waals surface area contributed by atoms with Gasteiger partial charge in [0, 0.05) is 31.4 Å². The molecule has 1 saturated carbocycles. The molecule has 0 spiro atoms. The van der Waals surface area contributed by atoms with Crippen LogP contribution in [0.15, 0.2) is 29.3 Å². The van der Waals surface area contributed by atoms with E-state index in [4.69, 9.17) is 5.73 Å². The second kappa shape index (κ2) is 11.0. The summed E-state index contributed by atoms with van der Waals surface area (Å²) in [6.45, 7) is 3.00. The van der Waals surface area contributed by atoms with Gasteiger partial charge >= 0.3 is 0 Å². The highest BCUT2D eigenvalue weighted by molar-refractivity contribution is 14.0. The van der Waals surface area contributed by atoms with E-state index in [1.807, 2.05) is 0 Å². The van der Waals surface area contributed by atoms with Crippen molar-refractivity contribution in [1.29, 1.82) is 0 Å². The van der Waals surface area contributed by atoms with E-state index in [1.165, 1.54) is 43.4 Å². The number of piperidine rings is 1. The van der Waals surface area contributed by atoms with E-state index < -0.39 is 0 Å². The molecular weight excluding hydrogens is 439 g/mol. The molecule has 2 fully saturated rings. The number of hydrogen-bond acceptors (Lipinski definition) is 3. The molecule has 4 N–H and O–H groups in total. The van der Waals surface area contributed by atoms with E-state index in [0.29, 0.717) is 31.1 Å². The maximum atomic E-state index is 9.25. The van der Waals surface area contributed by atoms with Crippen LogP contribution < -0.4 is 16.0 Å². The van der Waals surface area contributed by atoms with Crippen molar-refractivity contribution in [2.75, 3.05) is 24.6 Å². The highest BCUT2D eigenvalue weighted by Crippen LogP contribution is 2.23. The summed E-state index contributed by atoms with van der Waals surface area (Å²) in [5, 5.41) is 12.6. The van der Waals surface area contributed by atoms with Gasteiger partial charge in [-0.05, 0) is 49.3 Å². The van der Waals surface area contributed by atoms with E-state index in [-0.39, 0.29) is 24.0 Å². The van der Waals surface area contributed by atoms with Crippen molar-refractivity contribution in [3.8, 4) is 0 Å². The minimum Gasteiger partial charge on any atom is -0.396 e. The number of aliphatic hydroxyl groups is 1. The predicted molar refractivity (Wildman–Crippen MR) is 119 cm³/mol. The highest BCUT2D eigenvalue weighted by atomic mass is 127. The number of benzene rings is 1. The molecule has 1 aliphatic carbocycles. The lowest BCUT2D eigenvalue weighted by molar-refractivity contribution is 0.203. The van der Waals surface area contributed by atoms with Crippen molar-refractivity contribution in [1.82, 2.24) is 5.32 Å². The van der Waals surface area contributed by atoms with E-state index >= 15 is 0 Å². The third-order valence-electron chi connectivity index (χ3n) is 5.56. The molecule has 0 atom stereocenters. The van der Waals surface area contributed by atoms with Crippen LogP contribution in [0.5, 0.6) is 0 Å². The van der Waals surface area contributed by atoms with Crippen molar-refractivity contribution in [2.24, 2.45) is 16.6 Å². The van der Waals surface area contributed by atoms with Crippen LogP contribution in [0.4, 0.5) is 5.69 Å². The minimum absolute atomic E-state index is 0. The molecule has 0 radical (unpaired) electrons. The summed E-state index contributed by atoms with van der Waals surface area (Å²) in [5.41, 5.74) is 8.48. The van der Waals surface area contributed by atoms with Crippen LogP contribution in [0.1, 0.15) is 50.5 Å². The Kier molecular flexibility index (Phi) is 8.98. The number of aliphatic imine (C=N–C) groups is 1. The number of aliphatic hydroxyl groups excluding tert-OH is 1. The van der Waals surface area contributed by atoms with Gasteiger partial charge in [-0.1, -0.05) is 31.4 Å². The summed E-state index contributed by atoms with van der Waals surface area (Å²) in [5.74, 6) is 1.05. The predicted octanol–water partition coefficient (Wildman–Crippen LogP) is 3.25. The Morgan fingerprint density at radius 3 is 2.35 bits per heavy atom. The minimum atomic E-state index is 0. The first kappa shape index (κ1) is 21.3. The Morgan fingerprint density at radius 1 is 1.08 bits per heavy atom. The monoisotopic (exact) mass is 472 g/mol. The van der Waals surface area contributed by atoms with Crippen LogP contribution in [0.25, 0.3) is 0 Å². The van der Waals surface area contributed by atoms with Gasteiger partial charge in [-0.3, -0.25) is 0 Å². The standard InChI is InChI=1S/C20H32N4O.HI/c21-20(23-18-4-2-1-3-5-18)22-14-16-6-8-19(9-7-16)24-12-10-17(15-25)11-13-24;/h6-9,17-18,25H,1-5,10-15H2,(H3,21,22,23);1H. The van der Waals surface area contributed by atoms with Crippen LogP contribution in [0.2, 0.25) is 0 Å². The number of nitrogens with zero attached hydrogens (tertiary/aromatic N) is 2. The third-order valence-corrected chi connectivity index (χ3v) is 5.56. The van der Waals surface area contributed by atoms with Crippen molar-refractivity contribution < 1.29 is 5.11 Å². The fourth-order valence-corrected chi connectivity index (χ4v) is 3.86. The zero-order valence-electron chi connectivity index (χ0n) is 15.6. The zero-order valence-corrected chi connectivity index (χ0v) is 17.9. The lowest BCUT2D eigenvalue weighted by Crippen LogP contribution is -2.41. The molecule has 1 saturated heterocycles. The van der Waals surface area contributed by atoms with Gasteiger partial charge in [-0.2, -0.15) is 0 Å². The SMILES string of the molecule is I.NC(=NCc1ccc(N2CCC(CO)CC2)cc1)NC1CCCCC1. The van der Waals surface area contributed by atoms with E-state index in [1.54, 1.807) is 0 Å². The molecule has 1 aromatic carbocycles. The lowest BCUT2D eigenvalue weighted by Gasteiger charge is -2.32. The Bertz CT molecular complexity index is 549. The first-order chi connectivity index (χ1) is 12.2. The Hall–Kier alpha value is -1.02. The maximum absolute atomic E-state index is 9.25. The molecule has 5 nitrogen and oxygen atoms in total. The second-order valence-corrected chi connectivity index (χ2v) is 7.46. The topological polar surface area (TPSA) is 73.9 Å². The van der Waals surface area contributed by atoms with Crippen molar-refractivity contribution in [3.05, 3.63) is 29.8 Å². The van der Waals surface area contributed by atoms with E-state index in [0.717, 1.165) is 25.9 Å². The van der Waals surface area contributed by atoms with Crippen LogP contribution in [0, 0.1) is 5.92 Å². The smallest absolute Gasteiger partial charge is 0.189 e. The summed E-state index contributed by atoms with van der Waals surface area (Å²) in [4.78, 5) is 6.89. The number of halogens is 1. The van der Waals surface area contributed by atoms with Crippen LogP contribution in [-0.2, 0) is 6.54 Å². The number of guanidine groups is 1. The van der Waals surface area contributed by atoms with Crippen molar-refractivity contribution in [3.63, 3.8) is 0 Å². The van der Waals surface area contributed by atoms with Crippen molar-refractivity contribution in [2.45, 2.75) is 57.5 Å². The first-order valence-corrected chi connectivity index (χ1v) is 9.76. The Morgan fingerprint density at radius 2 is 1.73 bits per heavy atom. The number of anilines is 1. The molecule has 1 aliphatic heterocycles. The van der Waals surface area contributed by atoms with E-state index in [2.05, 4.69) is 39.5 Å². The molecule has 6 heteroatoms. The summed E-state index contributed by atoms with van der Waals surface area (Å²) < 4.78 is 0. The van der Waals surface area contributed by atoms with E-state index in [9.17, 15) is 5.11 Å². The largest absolute Gasteiger partial charge is 0.396 e. The molecule has 1 aromatic rings. The fourth-order valence-electron chi connectivity index (χ4n) is 3.86. The molecule has 3 rings (SSSR count). The summed E-state index contributed by atoms with van der Waals surface area (Å²) in [6, 6.07) is 9.14. The lowest BCUT2D eigenvalue weighted by atomic mass is 9.96. The van der Waals surface area contributed by atoms with Gasteiger partial charge in [0.05, 0.1) is 6.54 Å². The molecule has 0 amide bonds. The fraction of sp³-hybridized carbons (Fsp3) is 0.650. The second-order valence-electron chi connectivity index (χ2n) is 7.46. The van der Waals surface area contributed by atoms with Gasteiger partial charge in [-0.25, -0.2) is 4.99 Å². The summed E-state index contributed by atoms with van der Waals surface area (Å²) in [6.07, 6.45) is 8.50. The molecule has 1 heterocycles. The molecule has 2 aliphatic rings. The average molecular weight is 472 g/mol. The van der Waals surface area contributed by atoms with Crippen LogP contribution in [-0.4, -0.2) is 36.8 Å². The highest BCUT2D eigenvalue weighted by Gasteiger charge is 2.18. The zero-order chi connectivity index (χ0) is 17.5. The molecule has 26 heavy (non-hydrogen) atoms. The number of rotatable bonds is 5. The van der Waals surface area contributed by atoms with Gasteiger partial charge in [0.2, 0.25) is 0 Å². The van der Waals surface area contributed by atoms with Crippen molar-refractivity contribution >= 4 is 35.6 Å². The molecular formula is C20H33IN4O. The van der Waals surface area contributed by atoms with Gasteiger partial charge in [0.1, 0.15) is 0 Å². The molecule has 0 unspecified atom stereocenters. The van der Waals surface area contributed by atoms with Crippen LogP contribution in [0.3, 0.4) is 0 Å². The summed E-state index contributed by atoms with van der Waals surface area (Å²) in [7, 11) is 0. The molecule has 0 bridgehead atoms.